The third-order valence-electron chi connectivity index (χ3n) is 2.46. The molecule has 0 unspecified atom stereocenters. The van der Waals surface area contributed by atoms with Crippen molar-refractivity contribution in [2.24, 2.45) is 0 Å². The van der Waals surface area contributed by atoms with Crippen LogP contribution in [-0.2, 0) is 9.31 Å². The maximum Gasteiger partial charge on any atom is 0.489 e. The molecule has 1 aliphatic carbocycles. The molecular weight excluding hydrogens is 151 g/mol. The summed E-state index contributed by atoms with van der Waals surface area (Å²) in [5.74, 6) is 0. The highest BCUT2D eigenvalue weighted by molar-refractivity contribution is 6.53. The molecule has 0 radical (unpaired) electrons. The molecule has 0 N–H and O–H groups in total. The first kappa shape index (κ1) is 8.33. The SMILES string of the molecule is C1=C(B2OCCCO2)CCCC1. The molecule has 0 bridgehead atoms. The zero-order chi connectivity index (χ0) is 8.23. The average molecular weight is 166 g/mol. The Bertz CT molecular complexity index is 173. The molecule has 66 valence electrons. The van der Waals surface area contributed by atoms with Gasteiger partial charge in [-0.15, -0.1) is 0 Å². The molecule has 0 saturated carbocycles. The van der Waals surface area contributed by atoms with Gasteiger partial charge in [0.2, 0.25) is 0 Å². The van der Waals surface area contributed by atoms with Crippen LogP contribution in [0.5, 0.6) is 0 Å². The van der Waals surface area contributed by atoms with Gasteiger partial charge in [-0.2, -0.15) is 0 Å². The fourth-order valence-electron chi connectivity index (χ4n) is 1.78. The van der Waals surface area contributed by atoms with Crippen molar-refractivity contribution in [2.45, 2.75) is 32.1 Å². The van der Waals surface area contributed by atoms with Gasteiger partial charge in [0.05, 0.1) is 0 Å². The zero-order valence-electron chi connectivity index (χ0n) is 7.42. The summed E-state index contributed by atoms with van der Waals surface area (Å²) < 4.78 is 11.1. The van der Waals surface area contributed by atoms with Crippen LogP contribution in [-0.4, -0.2) is 20.3 Å². The van der Waals surface area contributed by atoms with Crippen LogP contribution < -0.4 is 0 Å². The largest absolute Gasteiger partial charge is 0.489 e. The summed E-state index contributed by atoms with van der Waals surface area (Å²) >= 11 is 0. The molecule has 1 fully saturated rings. The quantitative estimate of drug-likeness (QED) is 0.554. The number of rotatable bonds is 1. The highest BCUT2D eigenvalue weighted by atomic mass is 16.6. The minimum Gasteiger partial charge on any atom is -0.407 e. The number of hydrogen-bond donors (Lipinski definition) is 0. The monoisotopic (exact) mass is 166 g/mol. The van der Waals surface area contributed by atoms with Crippen LogP contribution in [0.1, 0.15) is 32.1 Å². The van der Waals surface area contributed by atoms with Crippen LogP contribution in [0, 0.1) is 0 Å². The fraction of sp³-hybridized carbons (Fsp3) is 0.778. The average Bonchev–Trinajstić information content (AvgIpc) is 2.21. The van der Waals surface area contributed by atoms with Crippen LogP contribution in [0.3, 0.4) is 0 Å². The summed E-state index contributed by atoms with van der Waals surface area (Å²) in [4.78, 5) is 0. The van der Waals surface area contributed by atoms with E-state index in [2.05, 4.69) is 6.08 Å². The van der Waals surface area contributed by atoms with E-state index in [0.717, 1.165) is 19.6 Å². The van der Waals surface area contributed by atoms with Gasteiger partial charge < -0.3 is 9.31 Å². The molecule has 0 spiro atoms. The Morgan fingerprint density at radius 3 is 2.58 bits per heavy atom. The molecule has 0 aromatic heterocycles. The second-order valence-electron chi connectivity index (χ2n) is 3.45. The molecule has 1 saturated heterocycles. The molecule has 3 heteroatoms. The van der Waals surface area contributed by atoms with Crippen LogP contribution >= 0.6 is 0 Å². The molecular formula is C9H15BO2. The van der Waals surface area contributed by atoms with Gasteiger partial charge in [-0.3, -0.25) is 0 Å². The highest BCUT2D eigenvalue weighted by Gasteiger charge is 2.26. The van der Waals surface area contributed by atoms with Crippen molar-refractivity contribution < 1.29 is 9.31 Å². The molecule has 0 aromatic rings. The lowest BCUT2D eigenvalue weighted by Gasteiger charge is -2.23. The van der Waals surface area contributed by atoms with Crippen LogP contribution in [0.25, 0.3) is 0 Å². The summed E-state index contributed by atoms with van der Waals surface area (Å²) in [6.45, 7) is 1.73. The van der Waals surface area contributed by atoms with Gasteiger partial charge in [-0.1, -0.05) is 6.08 Å². The third kappa shape index (κ3) is 1.90. The molecule has 0 aromatic carbocycles. The lowest BCUT2D eigenvalue weighted by atomic mass is 9.72. The summed E-state index contributed by atoms with van der Waals surface area (Å²) in [6.07, 6.45) is 8.35. The fourth-order valence-corrected chi connectivity index (χ4v) is 1.78. The van der Waals surface area contributed by atoms with E-state index in [9.17, 15) is 0 Å². The Morgan fingerprint density at radius 2 is 1.92 bits per heavy atom. The van der Waals surface area contributed by atoms with Crippen molar-refractivity contribution in [3.8, 4) is 0 Å². The normalized spacial score (nSPS) is 25.3. The van der Waals surface area contributed by atoms with Gasteiger partial charge in [-0.05, 0) is 37.6 Å². The van der Waals surface area contributed by atoms with E-state index < -0.39 is 0 Å². The van der Waals surface area contributed by atoms with Gasteiger partial charge in [0.1, 0.15) is 0 Å². The molecule has 1 aliphatic heterocycles. The van der Waals surface area contributed by atoms with E-state index in [1.54, 1.807) is 0 Å². The Labute approximate surface area is 74.1 Å². The summed E-state index contributed by atoms with van der Waals surface area (Å²) in [5, 5.41) is 0. The molecule has 2 rings (SSSR count). The maximum atomic E-state index is 5.53. The number of allylic oxidation sites excluding steroid dienone is 2. The lowest BCUT2D eigenvalue weighted by molar-refractivity contribution is 0.139. The third-order valence-corrected chi connectivity index (χ3v) is 2.46. The van der Waals surface area contributed by atoms with Crippen LogP contribution in [0.2, 0.25) is 0 Å². The Morgan fingerprint density at radius 1 is 1.08 bits per heavy atom. The van der Waals surface area contributed by atoms with Crippen molar-refractivity contribution in [3.05, 3.63) is 11.5 Å². The molecule has 0 amide bonds. The van der Waals surface area contributed by atoms with Crippen molar-refractivity contribution >= 4 is 7.12 Å². The van der Waals surface area contributed by atoms with Gasteiger partial charge >= 0.3 is 7.12 Å². The van der Waals surface area contributed by atoms with Gasteiger partial charge in [-0.25, -0.2) is 0 Å². The smallest absolute Gasteiger partial charge is 0.407 e. The standard InChI is InChI=1S/C9H15BO2/c1-2-5-9(6-3-1)10-11-7-4-8-12-10/h5H,1-4,6-8H2. The van der Waals surface area contributed by atoms with E-state index in [1.807, 2.05) is 0 Å². The summed E-state index contributed by atoms with van der Waals surface area (Å²) in [5.41, 5.74) is 1.38. The first-order chi connectivity index (χ1) is 5.97. The molecule has 12 heavy (non-hydrogen) atoms. The van der Waals surface area contributed by atoms with E-state index in [-0.39, 0.29) is 7.12 Å². The van der Waals surface area contributed by atoms with Crippen LogP contribution in [0.15, 0.2) is 11.5 Å². The maximum absolute atomic E-state index is 5.53. The first-order valence-corrected chi connectivity index (χ1v) is 4.89. The molecule has 1 heterocycles. The van der Waals surface area contributed by atoms with E-state index in [0.29, 0.717) is 0 Å². The van der Waals surface area contributed by atoms with Crippen molar-refractivity contribution in [1.82, 2.24) is 0 Å². The minimum atomic E-state index is -0.000880. The van der Waals surface area contributed by atoms with Gasteiger partial charge in [0, 0.05) is 13.2 Å². The predicted octanol–water partition coefficient (Wildman–Crippen LogP) is 1.95. The van der Waals surface area contributed by atoms with E-state index in [4.69, 9.17) is 9.31 Å². The zero-order valence-corrected chi connectivity index (χ0v) is 7.42. The second-order valence-corrected chi connectivity index (χ2v) is 3.45. The number of hydrogen-bond acceptors (Lipinski definition) is 2. The van der Waals surface area contributed by atoms with Gasteiger partial charge in [0.15, 0.2) is 0 Å². The Balaban J connectivity index is 1.92. The van der Waals surface area contributed by atoms with E-state index >= 15 is 0 Å². The van der Waals surface area contributed by atoms with Crippen LogP contribution in [0.4, 0.5) is 0 Å². The predicted molar refractivity (Wildman–Crippen MR) is 48.8 cm³/mol. The highest BCUT2D eigenvalue weighted by Crippen LogP contribution is 2.22. The Kier molecular flexibility index (Phi) is 2.85. The molecule has 2 nitrogen and oxygen atoms in total. The minimum absolute atomic E-state index is 0.000880. The summed E-state index contributed by atoms with van der Waals surface area (Å²) in [6, 6.07) is 0. The van der Waals surface area contributed by atoms with E-state index in [1.165, 1.54) is 31.2 Å². The molecule has 2 aliphatic rings. The lowest BCUT2D eigenvalue weighted by Crippen LogP contribution is -2.32. The molecule has 0 atom stereocenters. The Hall–Kier alpha value is -0.275. The summed E-state index contributed by atoms with van der Waals surface area (Å²) in [7, 11) is -0.000880. The first-order valence-electron chi connectivity index (χ1n) is 4.89. The van der Waals surface area contributed by atoms with Crippen molar-refractivity contribution in [3.63, 3.8) is 0 Å². The topological polar surface area (TPSA) is 18.5 Å². The second kappa shape index (κ2) is 4.10. The van der Waals surface area contributed by atoms with Crippen molar-refractivity contribution in [1.29, 1.82) is 0 Å². The van der Waals surface area contributed by atoms with Gasteiger partial charge in [0.25, 0.3) is 0 Å². The van der Waals surface area contributed by atoms with Crippen molar-refractivity contribution in [2.75, 3.05) is 13.2 Å².